The summed E-state index contributed by atoms with van der Waals surface area (Å²) in [4.78, 5) is 0. The number of aryl methyl sites for hydroxylation is 1. The van der Waals surface area contributed by atoms with E-state index < -0.39 is 0 Å². The van der Waals surface area contributed by atoms with Gasteiger partial charge in [-0.1, -0.05) is 13.0 Å². The summed E-state index contributed by atoms with van der Waals surface area (Å²) >= 11 is 0. The summed E-state index contributed by atoms with van der Waals surface area (Å²) in [6, 6.07) is 6.87. The third kappa shape index (κ3) is 1.39. The number of hydrogen-bond donors (Lipinski definition) is 0. The van der Waals surface area contributed by atoms with Crippen molar-refractivity contribution >= 4 is 0 Å². The van der Waals surface area contributed by atoms with Gasteiger partial charge in [0.2, 0.25) is 0 Å². The second-order valence-corrected chi connectivity index (χ2v) is 8.40. The minimum Gasteiger partial charge on any atom is -0.497 e. The van der Waals surface area contributed by atoms with Crippen LogP contribution in [0.15, 0.2) is 18.2 Å². The lowest BCUT2D eigenvalue weighted by Gasteiger charge is -2.51. The van der Waals surface area contributed by atoms with Crippen LogP contribution in [0.3, 0.4) is 0 Å². The molecule has 0 N–H and O–H groups in total. The quantitative estimate of drug-likeness (QED) is 0.709. The second-order valence-electron chi connectivity index (χ2n) is 8.40. The van der Waals surface area contributed by atoms with Gasteiger partial charge in [0.05, 0.1) is 7.11 Å². The van der Waals surface area contributed by atoms with Gasteiger partial charge in [-0.05, 0) is 96.8 Å². The van der Waals surface area contributed by atoms with Gasteiger partial charge < -0.3 is 4.74 Å². The van der Waals surface area contributed by atoms with Crippen molar-refractivity contribution in [1.82, 2.24) is 0 Å². The van der Waals surface area contributed by atoms with Crippen LogP contribution in [-0.2, 0) is 6.42 Å². The third-order valence-corrected chi connectivity index (χ3v) is 7.95. The molecule has 0 aromatic heterocycles. The van der Waals surface area contributed by atoms with Crippen LogP contribution in [0.25, 0.3) is 0 Å². The van der Waals surface area contributed by atoms with E-state index in [9.17, 15) is 0 Å². The molecule has 0 amide bonds. The van der Waals surface area contributed by atoms with Gasteiger partial charge in [-0.2, -0.15) is 0 Å². The molecule has 0 radical (unpaired) electrons. The zero-order valence-electron chi connectivity index (χ0n) is 13.3. The largest absolute Gasteiger partial charge is 0.497 e. The molecule has 0 bridgehead atoms. The van der Waals surface area contributed by atoms with Crippen molar-refractivity contribution < 1.29 is 4.74 Å². The summed E-state index contributed by atoms with van der Waals surface area (Å²) in [5.41, 5.74) is 4.67. The fourth-order valence-electron chi connectivity index (χ4n) is 6.90. The van der Waals surface area contributed by atoms with Crippen LogP contribution < -0.4 is 4.74 Å². The minimum absolute atomic E-state index is 0.683. The maximum Gasteiger partial charge on any atom is 0.119 e. The molecule has 3 saturated carbocycles. The molecular formula is C20H26O. The van der Waals surface area contributed by atoms with Crippen molar-refractivity contribution in [3.8, 4) is 5.75 Å². The first-order valence-electron chi connectivity index (χ1n) is 8.85. The van der Waals surface area contributed by atoms with Gasteiger partial charge >= 0.3 is 0 Å². The van der Waals surface area contributed by atoms with E-state index in [2.05, 4.69) is 25.1 Å². The number of ether oxygens (including phenoxy) is 1. The van der Waals surface area contributed by atoms with Gasteiger partial charge in [0.1, 0.15) is 5.75 Å². The van der Waals surface area contributed by atoms with Crippen LogP contribution in [0.2, 0.25) is 0 Å². The molecule has 1 spiro atoms. The van der Waals surface area contributed by atoms with Gasteiger partial charge in [0, 0.05) is 0 Å². The number of rotatable bonds is 1. The summed E-state index contributed by atoms with van der Waals surface area (Å²) in [5, 5.41) is 0. The molecular weight excluding hydrogens is 256 g/mol. The Bertz CT molecular complexity index is 606. The van der Waals surface area contributed by atoms with Gasteiger partial charge in [-0.15, -0.1) is 0 Å². The first kappa shape index (κ1) is 12.6. The van der Waals surface area contributed by atoms with E-state index in [1.165, 1.54) is 38.5 Å². The van der Waals surface area contributed by atoms with E-state index in [4.69, 9.17) is 4.74 Å². The highest BCUT2D eigenvalue weighted by molar-refractivity contribution is 5.42. The molecule has 1 nitrogen and oxygen atoms in total. The molecule has 21 heavy (non-hydrogen) atoms. The zero-order valence-corrected chi connectivity index (χ0v) is 13.3. The lowest BCUT2D eigenvalue weighted by Crippen LogP contribution is -2.43. The number of hydrogen-bond acceptors (Lipinski definition) is 1. The first-order valence-corrected chi connectivity index (χ1v) is 8.85. The van der Waals surface area contributed by atoms with Crippen molar-refractivity contribution in [3.05, 3.63) is 29.3 Å². The Hall–Kier alpha value is -0.980. The third-order valence-electron chi connectivity index (χ3n) is 7.95. The molecule has 1 aromatic rings. The molecule has 3 fully saturated rings. The molecule has 0 aliphatic heterocycles. The van der Waals surface area contributed by atoms with Crippen LogP contribution in [-0.4, -0.2) is 7.11 Å². The van der Waals surface area contributed by atoms with Crippen molar-refractivity contribution in [3.63, 3.8) is 0 Å². The van der Waals surface area contributed by atoms with Gasteiger partial charge in [0.25, 0.3) is 0 Å². The normalized spacial score (nSPS) is 46.1. The van der Waals surface area contributed by atoms with Crippen molar-refractivity contribution in [2.75, 3.05) is 7.11 Å². The highest BCUT2D eigenvalue weighted by Crippen LogP contribution is 2.81. The average molecular weight is 282 g/mol. The highest BCUT2D eigenvalue weighted by Gasteiger charge is 2.73. The molecule has 0 saturated heterocycles. The molecule has 0 heterocycles. The Morgan fingerprint density at radius 1 is 1.14 bits per heavy atom. The van der Waals surface area contributed by atoms with E-state index in [1.807, 2.05) is 0 Å². The fourth-order valence-corrected chi connectivity index (χ4v) is 6.90. The van der Waals surface area contributed by atoms with E-state index in [0.29, 0.717) is 5.41 Å². The number of benzene rings is 1. The highest BCUT2D eigenvalue weighted by atomic mass is 16.5. The van der Waals surface area contributed by atoms with Crippen LogP contribution >= 0.6 is 0 Å². The van der Waals surface area contributed by atoms with Crippen molar-refractivity contribution in [2.45, 2.75) is 57.8 Å². The van der Waals surface area contributed by atoms with E-state index >= 15 is 0 Å². The Kier molecular flexibility index (Phi) is 2.31. The van der Waals surface area contributed by atoms with Crippen molar-refractivity contribution in [2.24, 2.45) is 22.7 Å². The molecule has 1 aromatic carbocycles. The molecule has 4 aliphatic rings. The summed E-state index contributed by atoms with van der Waals surface area (Å²) < 4.78 is 5.43. The van der Waals surface area contributed by atoms with Crippen LogP contribution in [0, 0.1) is 22.7 Å². The van der Waals surface area contributed by atoms with Crippen LogP contribution in [0.1, 0.15) is 62.5 Å². The lowest BCUT2D eigenvalue weighted by molar-refractivity contribution is 0.0206. The smallest absolute Gasteiger partial charge is 0.119 e. The first-order chi connectivity index (χ1) is 10.2. The Morgan fingerprint density at radius 3 is 2.81 bits per heavy atom. The predicted octanol–water partition coefficient (Wildman–Crippen LogP) is 4.94. The second kappa shape index (κ2) is 3.86. The summed E-state index contributed by atoms with van der Waals surface area (Å²) in [6.45, 7) is 2.62. The van der Waals surface area contributed by atoms with E-state index in [1.54, 1.807) is 24.7 Å². The molecule has 4 aliphatic carbocycles. The minimum atomic E-state index is 0.683. The van der Waals surface area contributed by atoms with E-state index in [0.717, 1.165) is 28.9 Å². The summed E-state index contributed by atoms with van der Waals surface area (Å²) in [5.74, 6) is 3.94. The summed E-state index contributed by atoms with van der Waals surface area (Å²) in [6.07, 6.45) is 10.2. The summed E-state index contributed by atoms with van der Waals surface area (Å²) in [7, 11) is 1.78. The number of methoxy groups -OCH3 is 1. The molecule has 1 heteroatoms. The molecule has 5 rings (SSSR count). The Labute approximate surface area is 128 Å². The maximum absolute atomic E-state index is 5.43. The molecule has 112 valence electrons. The topological polar surface area (TPSA) is 9.23 Å². The number of fused-ring (bicyclic) bond motifs is 3. The standard InChI is InChI=1S/C20H26O/c1-19-9-7-14-12-20(14,19)18-6-3-13-11-15(21-2)4-5-16(13)17(18)8-10-19/h4-5,11,14,17-18H,3,6-10,12H2,1-2H3/t14-,17+,18+,19-,20+/m0/s1. The average Bonchev–Trinajstić information content (AvgIpc) is 3.17. The Morgan fingerprint density at radius 2 is 2.00 bits per heavy atom. The van der Waals surface area contributed by atoms with Crippen LogP contribution in [0.4, 0.5) is 0 Å². The van der Waals surface area contributed by atoms with Crippen molar-refractivity contribution in [1.29, 1.82) is 0 Å². The predicted molar refractivity (Wildman–Crippen MR) is 84.7 cm³/mol. The van der Waals surface area contributed by atoms with Gasteiger partial charge in [-0.25, -0.2) is 0 Å². The SMILES string of the molecule is COc1ccc2c(c1)CC[C@@H]1[C@@H]2CC[C@]2(C)CC[C@H]3C[C@@]312. The molecule has 5 atom stereocenters. The lowest BCUT2D eigenvalue weighted by atomic mass is 9.53. The Balaban J connectivity index is 1.57. The van der Waals surface area contributed by atoms with Gasteiger partial charge in [-0.3, -0.25) is 0 Å². The van der Waals surface area contributed by atoms with Gasteiger partial charge in [0.15, 0.2) is 0 Å². The van der Waals surface area contributed by atoms with Crippen LogP contribution in [0.5, 0.6) is 5.75 Å². The monoisotopic (exact) mass is 282 g/mol. The fraction of sp³-hybridized carbons (Fsp3) is 0.700. The zero-order chi connectivity index (χ0) is 14.2. The van der Waals surface area contributed by atoms with E-state index in [-0.39, 0.29) is 0 Å². The molecule has 0 unspecified atom stereocenters. The maximum atomic E-state index is 5.43.